The maximum atomic E-state index is 4.50. The molecule has 4 rings (SSSR count). The highest BCUT2D eigenvalue weighted by atomic mass is 32.1. The molecule has 3 N–H and O–H groups in total. The normalized spacial score (nSPS) is 19.0. The van der Waals surface area contributed by atoms with Crippen LogP contribution < -0.4 is 10.6 Å². The van der Waals surface area contributed by atoms with Gasteiger partial charge in [0.1, 0.15) is 5.65 Å². The van der Waals surface area contributed by atoms with Crippen LogP contribution in [0.3, 0.4) is 0 Å². The van der Waals surface area contributed by atoms with E-state index in [9.17, 15) is 0 Å². The summed E-state index contributed by atoms with van der Waals surface area (Å²) in [5.41, 5.74) is 4.12. The predicted molar refractivity (Wildman–Crippen MR) is 86.7 cm³/mol. The van der Waals surface area contributed by atoms with Crippen LogP contribution in [0.1, 0.15) is 12.8 Å². The van der Waals surface area contributed by atoms with Gasteiger partial charge in [-0.15, -0.1) is 0 Å². The van der Waals surface area contributed by atoms with Gasteiger partial charge >= 0.3 is 0 Å². The van der Waals surface area contributed by atoms with Gasteiger partial charge < -0.3 is 15.6 Å². The van der Waals surface area contributed by atoms with Crippen molar-refractivity contribution < 1.29 is 0 Å². The van der Waals surface area contributed by atoms with E-state index in [1.807, 2.05) is 23.8 Å². The number of pyridine rings is 1. The third-order valence-corrected chi connectivity index (χ3v) is 4.51. The Labute approximate surface area is 127 Å². The Kier molecular flexibility index (Phi) is 3.33. The van der Waals surface area contributed by atoms with Gasteiger partial charge in [0.25, 0.3) is 0 Å². The van der Waals surface area contributed by atoms with Crippen molar-refractivity contribution in [1.29, 1.82) is 0 Å². The second kappa shape index (κ2) is 5.46. The summed E-state index contributed by atoms with van der Waals surface area (Å²) in [6, 6.07) is 4.58. The largest absolute Gasteiger partial charge is 0.380 e. The smallest absolute Gasteiger partial charge is 0.139 e. The van der Waals surface area contributed by atoms with Gasteiger partial charge in [-0.25, -0.2) is 4.98 Å². The molecule has 0 amide bonds. The summed E-state index contributed by atoms with van der Waals surface area (Å²) in [7, 11) is 0. The van der Waals surface area contributed by atoms with Crippen LogP contribution in [0.2, 0.25) is 0 Å². The Morgan fingerprint density at radius 3 is 3.14 bits per heavy atom. The van der Waals surface area contributed by atoms with E-state index in [0.717, 1.165) is 41.1 Å². The van der Waals surface area contributed by atoms with Gasteiger partial charge in [0.05, 0.1) is 11.4 Å². The van der Waals surface area contributed by atoms with Crippen molar-refractivity contribution in [1.82, 2.24) is 19.7 Å². The molecular formula is C15H17N5S. The minimum absolute atomic E-state index is 0.455. The summed E-state index contributed by atoms with van der Waals surface area (Å²) in [6.07, 6.45) is 6.25. The Morgan fingerprint density at radius 2 is 2.33 bits per heavy atom. The Balaban J connectivity index is 1.79. The van der Waals surface area contributed by atoms with Crippen LogP contribution in [0.5, 0.6) is 0 Å². The summed E-state index contributed by atoms with van der Waals surface area (Å²) in [5.74, 6) is 0. The molecule has 1 atom stereocenters. The second-order valence-corrected chi connectivity index (χ2v) is 6.02. The molecule has 0 saturated carbocycles. The lowest BCUT2D eigenvalue weighted by molar-refractivity contribution is 0.480. The van der Waals surface area contributed by atoms with E-state index in [4.69, 9.17) is 0 Å². The Morgan fingerprint density at radius 1 is 1.33 bits per heavy atom. The van der Waals surface area contributed by atoms with Crippen LogP contribution in [0.15, 0.2) is 29.9 Å². The molecular weight excluding hydrogens is 282 g/mol. The van der Waals surface area contributed by atoms with Crippen molar-refractivity contribution in [3.05, 3.63) is 29.9 Å². The molecule has 1 fully saturated rings. The van der Waals surface area contributed by atoms with Gasteiger partial charge in [0.15, 0.2) is 0 Å². The average Bonchev–Trinajstić information content (AvgIpc) is 3.20. The van der Waals surface area contributed by atoms with E-state index < -0.39 is 0 Å². The third kappa shape index (κ3) is 2.41. The minimum atomic E-state index is 0.455. The first-order chi connectivity index (χ1) is 10.4. The van der Waals surface area contributed by atoms with Gasteiger partial charge in [-0.3, -0.25) is 0 Å². The summed E-state index contributed by atoms with van der Waals surface area (Å²) in [5, 5.41) is 10.3. The number of rotatable bonds is 3. The van der Waals surface area contributed by atoms with Crippen molar-refractivity contribution in [3.8, 4) is 11.3 Å². The minimum Gasteiger partial charge on any atom is -0.380 e. The second-order valence-electron chi connectivity index (χ2n) is 5.36. The van der Waals surface area contributed by atoms with E-state index in [1.54, 1.807) is 0 Å². The van der Waals surface area contributed by atoms with Gasteiger partial charge in [-0.05, 0) is 43.1 Å². The van der Waals surface area contributed by atoms with Gasteiger partial charge in [0.2, 0.25) is 0 Å². The summed E-state index contributed by atoms with van der Waals surface area (Å²) in [6.45, 7) is 2.12. The molecule has 3 aromatic rings. The zero-order chi connectivity index (χ0) is 14.1. The van der Waals surface area contributed by atoms with Crippen molar-refractivity contribution in [2.45, 2.75) is 18.9 Å². The SMILES string of the molecule is c1cc2c(N[C@@H]3CCCNC3)c(-c3ccsn3)cnc2[nH]1. The number of aromatic amines is 1. The number of H-pyrrole nitrogens is 1. The summed E-state index contributed by atoms with van der Waals surface area (Å²) < 4.78 is 4.47. The molecule has 1 saturated heterocycles. The maximum absolute atomic E-state index is 4.50. The molecule has 0 aliphatic carbocycles. The zero-order valence-corrected chi connectivity index (χ0v) is 12.4. The topological polar surface area (TPSA) is 65.6 Å². The first-order valence-corrected chi connectivity index (χ1v) is 8.09. The molecule has 21 heavy (non-hydrogen) atoms. The molecule has 4 heterocycles. The number of hydrogen-bond acceptors (Lipinski definition) is 5. The zero-order valence-electron chi connectivity index (χ0n) is 11.6. The number of anilines is 1. The van der Waals surface area contributed by atoms with Crippen LogP contribution in [0.25, 0.3) is 22.3 Å². The number of fused-ring (bicyclic) bond motifs is 1. The molecule has 0 bridgehead atoms. The van der Waals surface area contributed by atoms with E-state index >= 15 is 0 Å². The highest BCUT2D eigenvalue weighted by molar-refractivity contribution is 7.03. The van der Waals surface area contributed by atoms with Gasteiger partial charge in [0, 0.05) is 41.3 Å². The number of nitrogens with zero attached hydrogens (tertiary/aromatic N) is 2. The van der Waals surface area contributed by atoms with Crippen molar-refractivity contribution in [2.75, 3.05) is 18.4 Å². The summed E-state index contributed by atoms with van der Waals surface area (Å²) >= 11 is 1.47. The van der Waals surface area contributed by atoms with E-state index in [1.165, 1.54) is 24.4 Å². The molecule has 0 aromatic carbocycles. The number of nitrogens with one attached hydrogen (secondary N) is 3. The first-order valence-electron chi connectivity index (χ1n) is 7.26. The summed E-state index contributed by atoms with van der Waals surface area (Å²) in [4.78, 5) is 7.69. The van der Waals surface area contributed by atoms with Crippen LogP contribution >= 0.6 is 11.5 Å². The number of piperidine rings is 1. The standard InChI is InChI=1S/C15H17N5S/c1-2-10(8-16-5-1)19-14-11-3-6-17-15(11)18-9-12(14)13-4-7-21-20-13/h3-4,6-7,9-10,16H,1-2,5,8H2,(H2,17,18,19)/t10-/m1/s1. The Bertz CT molecular complexity index is 728. The lowest BCUT2D eigenvalue weighted by Gasteiger charge is -2.26. The maximum Gasteiger partial charge on any atom is 0.139 e. The highest BCUT2D eigenvalue weighted by Crippen LogP contribution is 2.33. The molecule has 5 nitrogen and oxygen atoms in total. The van der Waals surface area contributed by atoms with Crippen molar-refractivity contribution >= 4 is 28.3 Å². The lowest BCUT2D eigenvalue weighted by Crippen LogP contribution is -2.38. The fourth-order valence-electron chi connectivity index (χ4n) is 2.89. The van der Waals surface area contributed by atoms with Gasteiger partial charge in [-0.1, -0.05) is 0 Å². The van der Waals surface area contributed by atoms with E-state index in [-0.39, 0.29) is 0 Å². The van der Waals surface area contributed by atoms with Crippen LogP contribution in [-0.2, 0) is 0 Å². The molecule has 6 heteroatoms. The van der Waals surface area contributed by atoms with Crippen molar-refractivity contribution in [3.63, 3.8) is 0 Å². The fraction of sp³-hybridized carbons (Fsp3) is 0.333. The molecule has 0 spiro atoms. The van der Waals surface area contributed by atoms with E-state index in [2.05, 4.69) is 31.0 Å². The third-order valence-electron chi connectivity index (χ3n) is 3.95. The van der Waals surface area contributed by atoms with Gasteiger partial charge in [-0.2, -0.15) is 4.37 Å². The number of hydrogen-bond donors (Lipinski definition) is 3. The van der Waals surface area contributed by atoms with Crippen molar-refractivity contribution in [2.24, 2.45) is 0 Å². The molecule has 108 valence electrons. The quantitative estimate of drug-likeness (QED) is 0.696. The molecule has 0 unspecified atom stereocenters. The fourth-order valence-corrected chi connectivity index (χ4v) is 3.41. The highest BCUT2D eigenvalue weighted by Gasteiger charge is 2.18. The molecule has 1 aliphatic heterocycles. The monoisotopic (exact) mass is 299 g/mol. The molecule has 0 radical (unpaired) electrons. The van der Waals surface area contributed by atoms with Crippen LogP contribution in [-0.4, -0.2) is 33.5 Å². The average molecular weight is 299 g/mol. The molecule has 1 aliphatic rings. The predicted octanol–water partition coefficient (Wildman–Crippen LogP) is 2.85. The molecule has 3 aromatic heterocycles. The number of aromatic nitrogens is 3. The van der Waals surface area contributed by atoms with Crippen LogP contribution in [0, 0.1) is 0 Å². The first kappa shape index (κ1) is 12.8. The Hall–Kier alpha value is -1.92. The van der Waals surface area contributed by atoms with E-state index in [0.29, 0.717) is 6.04 Å². The van der Waals surface area contributed by atoms with Crippen LogP contribution in [0.4, 0.5) is 5.69 Å². The lowest BCUT2D eigenvalue weighted by atomic mass is 10.0.